The molecule has 0 spiro atoms. The van der Waals surface area contributed by atoms with Gasteiger partial charge < -0.3 is 10.1 Å². The summed E-state index contributed by atoms with van der Waals surface area (Å²) < 4.78 is 18.7. The Balaban J connectivity index is 1.97. The minimum absolute atomic E-state index is 0.124. The SMILES string of the molecule is COc1ccc(CNCc2cc(C)c(F)c(C)c2)cc1Cl. The van der Waals surface area contributed by atoms with Crippen molar-refractivity contribution in [3.05, 3.63) is 63.4 Å². The van der Waals surface area contributed by atoms with E-state index in [1.807, 2.05) is 30.3 Å². The first-order valence-electron chi connectivity index (χ1n) is 6.80. The standard InChI is InChI=1S/C17H19ClFNO/c1-11-6-14(7-12(2)17(11)19)10-20-9-13-4-5-16(21-3)15(18)8-13/h4-8,20H,9-10H2,1-3H3. The Labute approximate surface area is 129 Å². The fourth-order valence-corrected chi connectivity index (χ4v) is 2.59. The van der Waals surface area contributed by atoms with E-state index in [0.29, 0.717) is 35.0 Å². The van der Waals surface area contributed by atoms with E-state index >= 15 is 0 Å². The van der Waals surface area contributed by atoms with Gasteiger partial charge in [0.25, 0.3) is 0 Å². The number of nitrogens with one attached hydrogen (secondary N) is 1. The van der Waals surface area contributed by atoms with Crippen LogP contribution in [0.5, 0.6) is 5.75 Å². The summed E-state index contributed by atoms with van der Waals surface area (Å²) in [6.07, 6.45) is 0. The van der Waals surface area contributed by atoms with E-state index in [1.165, 1.54) is 0 Å². The zero-order valence-corrected chi connectivity index (χ0v) is 13.2. The molecule has 2 rings (SSSR count). The van der Waals surface area contributed by atoms with E-state index in [9.17, 15) is 4.39 Å². The average molecular weight is 308 g/mol. The van der Waals surface area contributed by atoms with Gasteiger partial charge in [0, 0.05) is 13.1 Å². The van der Waals surface area contributed by atoms with Gasteiger partial charge in [0.05, 0.1) is 12.1 Å². The second kappa shape index (κ2) is 6.92. The summed E-state index contributed by atoms with van der Waals surface area (Å²) in [6.45, 7) is 4.95. The van der Waals surface area contributed by atoms with Crippen LogP contribution in [-0.2, 0) is 13.1 Å². The smallest absolute Gasteiger partial charge is 0.137 e. The lowest BCUT2D eigenvalue weighted by Gasteiger charge is -2.10. The van der Waals surface area contributed by atoms with Crippen LogP contribution < -0.4 is 10.1 Å². The largest absolute Gasteiger partial charge is 0.495 e. The van der Waals surface area contributed by atoms with Gasteiger partial charge in [-0.1, -0.05) is 29.8 Å². The lowest BCUT2D eigenvalue weighted by molar-refractivity contribution is 0.415. The second-order valence-corrected chi connectivity index (χ2v) is 5.52. The van der Waals surface area contributed by atoms with E-state index in [0.717, 1.165) is 11.1 Å². The quantitative estimate of drug-likeness (QED) is 0.884. The molecule has 0 saturated heterocycles. The molecule has 4 heteroatoms. The number of methoxy groups -OCH3 is 1. The first-order chi connectivity index (χ1) is 10.0. The highest BCUT2D eigenvalue weighted by molar-refractivity contribution is 6.32. The maximum absolute atomic E-state index is 13.6. The normalized spacial score (nSPS) is 10.7. The maximum Gasteiger partial charge on any atom is 0.137 e. The Morgan fingerprint density at radius 2 is 1.67 bits per heavy atom. The zero-order chi connectivity index (χ0) is 15.4. The first kappa shape index (κ1) is 15.8. The molecule has 2 nitrogen and oxygen atoms in total. The molecular formula is C17H19ClFNO. The molecule has 0 heterocycles. The molecule has 0 aliphatic carbocycles. The molecule has 0 radical (unpaired) electrons. The Hall–Kier alpha value is -1.58. The van der Waals surface area contributed by atoms with Gasteiger partial charge in [0.15, 0.2) is 0 Å². The summed E-state index contributed by atoms with van der Waals surface area (Å²) in [7, 11) is 1.60. The fourth-order valence-electron chi connectivity index (χ4n) is 2.31. The highest BCUT2D eigenvalue weighted by Crippen LogP contribution is 2.24. The van der Waals surface area contributed by atoms with Gasteiger partial charge in [-0.2, -0.15) is 0 Å². The molecule has 0 bridgehead atoms. The molecule has 0 aliphatic heterocycles. The highest BCUT2D eigenvalue weighted by atomic mass is 35.5. The predicted molar refractivity (Wildman–Crippen MR) is 84.4 cm³/mol. The van der Waals surface area contributed by atoms with Crippen LogP contribution in [0.2, 0.25) is 5.02 Å². The van der Waals surface area contributed by atoms with Crippen molar-refractivity contribution in [1.82, 2.24) is 5.32 Å². The molecule has 0 fully saturated rings. The van der Waals surface area contributed by atoms with Gasteiger partial charge in [-0.25, -0.2) is 4.39 Å². The molecule has 0 unspecified atom stereocenters. The van der Waals surface area contributed by atoms with Crippen molar-refractivity contribution in [2.24, 2.45) is 0 Å². The number of halogens is 2. The third-order valence-electron chi connectivity index (χ3n) is 3.37. The van der Waals surface area contributed by atoms with Gasteiger partial charge in [-0.3, -0.25) is 0 Å². The summed E-state index contributed by atoms with van der Waals surface area (Å²) in [5.74, 6) is 0.547. The van der Waals surface area contributed by atoms with Crippen molar-refractivity contribution in [2.75, 3.05) is 7.11 Å². The number of ether oxygens (including phenoxy) is 1. The van der Waals surface area contributed by atoms with Crippen LogP contribution in [0.3, 0.4) is 0 Å². The van der Waals surface area contributed by atoms with Crippen LogP contribution in [-0.4, -0.2) is 7.11 Å². The summed E-state index contributed by atoms with van der Waals surface area (Å²) in [5.41, 5.74) is 3.51. The Kier molecular flexibility index (Phi) is 5.21. The second-order valence-electron chi connectivity index (χ2n) is 5.12. The van der Waals surface area contributed by atoms with Crippen LogP contribution in [0.25, 0.3) is 0 Å². The van der Waals surface area contributed by atoms with E-state index in [4.69, 9.17) is 16.3 Å². The third kappa shape index (κ3) is 3.96. The molecule has 2 aromatic rings. The number of rotatable bonds is 5. The summed E-state index contributed by atoms with van der Waals surface area (Å²) >= 11 is 6.09. The van der Waals surface area contributed by atoms with E-state index < -0.39 is 0 Å². The molecule has 0 atom stereocenters. The van der Waals surface area contributed by atoms with Gasteiger partial charge in [-0.15, -0.1) is 0 Å². The minimum atomic E-state index is -0.124. The monoisotopic (exact) mass is 307 g/mol. The number of benzene rings is 2. The molecule has 2 aromatic carbocycles. The molecular weight excluding hydrogens is 289 g/mol. The summed E-state index contributed by atoms with van der Waals surface area (Å²) in [5, 5.41) is 3.94. The zero-order valence-electron chi connectivity index (χ0n) is 12.5. The number of aryl methyl sites for hydroxylation is 2. The predicted octanol–water partition coefficient (Wildman–Crippen LogP) is 4.39. The summed E-state index contributed by atoms with van der Waals surface area (Å²) in [6, 6.07) is 9.45. The Morgan fingerprint density at radius 3 is 2.24 bits per heavy atom. The molecule has 0 aromatic heterocycles. The van der Waals surface area contributed by atoms with Crippen LogP contribution in [0, 0.1) is 19.7 Å². The van der Waals surface area contributed by atoms with Gasteiger partial charge in [0.1, 0.15) is 11.6 Å². The van der Waals surface area contributed by atoms with Crippen LogP contribution >= 0.6 is 11.6 Å². The molecule has 0 amide bonds. The lowest BCUT2D eigenvalue weighted by Crippen LogP contribution is -2.13. The first-order valence-corrected chi connectivity index (χ1v) is 7.18. The number of hydrogen-bond donors (Lipinski definition) is 1. The fraction of sp³-hybridized carbons (Fsp3) is 0.294. The van der Waals surface area contributed by atoms with Gasteiger partial charge in [-0.05, 0) is 48.2 Å². The molecule has 0 aliphatic rings. The topological polar surface area (TPSA) is 21.3 Å². The van der Waals surface area contributed by atoms with Crippen molar-refractivity contribution < 1.29 is 9.13 Å². The highest BCUT2D eigenvalue weighted by Gasteiger charge is 2.05. The van der Waals surface area contributed by atoms with E-state index in [2.05, 4.69) is 5.32 Å². The van der Waals surface area contributed by atoms with Crippen LogP contribution in [0.1, 0.15) is 22.3 Å². The maximum atomic E-state index is 13.6. The van der Waals surface area contributed by atoms with Crippen molar-refractivity contribution in [1.29, 1.82) is 0 Å². The van der Waals surface area contributed by atoms with Crippen LogP contribution in [0.15, 0.2) is 30.3 Å². The molecule has 0 saturated carbocycles. The van der Waals surface area contributed by atoms with Crippen molar-refractivity contribution in [3.8, 4) is 5.75 Å². The Morgan fingerprint density at radius 1 is 1.05 bits per heavy atom. The average Bonchev–Trinajstić information content (AvgIpc) is 2.45. The van der Waals surface area contributed by atoms with Crippen molar-refractivity contribution >= 4 is 11.6 Å². The van der Waals surface area contributed by atoms with Crippen molar-refractivity contribution in [3.63, 3.8) is 0 Å². The van der Waals surface area contributed by atoms with E-state index in [1.54, 1.807) is 21.0 Å². The van der Waals surface area contributed by atoms with Crippen LogP contribution in [0.4, 0.5) is 4.39 Å². The minimum Gasteiger partial charge on any atom is -0.495 e. The summed E-state index contributed by atoms with van der Waals surface area (Å²) in [4.78, 5) is 0. The lowest BCUT2D eigenvalue weighted by atomic mass is 10.1. The van der Waals surface area contributed by atoms with E-state index in [-0.39, 0.29) is 5.82 Å². The molecule has 21 heavy (non-hydrogen) atoms. The third-order valence-corrected chi connectivity index (χ3v) is 3.67. The number of hydrogen-bond acceptors (Lipinski definition) is 2. The van der Waals surface area contributed by atoms with Gasteiger partial charge in [0.2, 0.25) is 0 Å². The Bertz CT molecular complexity index is 620. The van der Waals surface area contributed by atoms with Crippen molar-refractivity contribution in [2.45, 2.75) is 26.9 Å². The molecule has 112 valence electrons. The molecule has 1 N–H and O–H groups in total. The van der Waals surface area contributed by atoms with Gasteiger partial charge >= 0.3 is 0 Å².